The number of rotatable bonds is 3. The minimum Gasteiger partial charge on any atom is -0.497 e. The Morgan fingerprint density at radius 3 is 3.12 bits per heavy atom. The van der Waals surface area contributed by atoms with Crippen molar-refractivity contribution >= 4 is 0 Å². The molecule has 0 bridgehead atoms. The van der Waals surface area contributed by atoms with Crippen molar-refractivity contribution in [2.75, 3.05) is 20.2 Å². The first-order valence-electron chi connectivity index (χ1n) is 5.89. The molecule has 0 aromatic heterocycles. The summed E-state index contributed by atoms with van der Waals surface area (Å²) in [5.74, 6) is 1.47. The summed E-state index contributed by atoms with van der Waals surface area (Å²) in [6.07, 6.45) is 2.11. The summed E-state index contributed by atoms with van der Waals surface area (Å²) in [5, 5.41) is 3.40. The predicted molar refractivity (Wildman–Crippen MR) is 65.7 cm³/mol. The summed E-state index contributed by atoms with van der Waals surface area (Å²) in [5.41, 5.74) is 7.43. The predicted octanol–water partition coefficient (Wildman–Crippen LogP) is 1.17. The molecule has 0 amide bonds. The Labute approximate surface area is 97.0 Å². The first kappa shape index (κ1) is 11.4. The van der Waals surface area contributed by atoms with Gasteiger partial charge in [-0.1, -0.05) is 12.1 Å². The second-order valence-corrected chi connectivity index (χ2v) is 4.47. The maximum atomic E-state index is 6.13. The lowest BCUT2D eigenvalue weighted by atomic mass is 9.88. The van der Waals surface area contributed by atoms with Crippen molar-refractivity contribution in [3.05, 3.63) is 29.8 Å². The molecule has 0 saturated carbocycles. The summed E-state index contributed by atoms with van der Waals surface area (Å²) < 4.78 is 5.22. The van der Waals surface area contributed by atoms with Crippen LogP contribution in [0.1, 0.15) is 12.0 Å². The Kier molecular flexibility index (Phi) is 3.80. The summed E-state index contributed by atoms with van der Waals surface area (Å²) in [4.78, 5) is 0. The number of piperidine rings is 1. The van der Waals surface area contributed by atoms with Crippen molar-refractivity contribution in [1.29, 1.82) is 0 Å². The van der Waals surface area contributed by atoms with E-state index in [0.29, 0.717) is 12.0 Å². The summed E-state index contributed by atoms with van der Waals surface area (Å²) in [6.45, 7) is 2.08. The maximum absolute atomic E-state index is 6.13. The Bertz CT molecular complexity index is 340. The fourth-order valence-corrected chi connectivity index (χ4v) is 2.27. The van der Waals surface area contributed by atoms with E-state index in [1.165, 1.54) is 5.56 Å². The molecule has 16 heavy (non-hydrogen) atoms. The largest absolute Gasteiger partial charge is 0.497 e. The van der Waals surface area contributed by atoms with Crippen LogP contribution in [0.3, 0.4) is 0 Å². The van der Waals surface area contributed by atoms with Crippen LogP contribution in [0.15, 0.2) is 24.3 Å². The molecule has 1 saturated heterocycles. The zero-order valence-electron chi connectivity index (χ0n) is 9.78. The average Bonchev–Trinajstić information content (AvgIpc) is 2.32. The lowest BCUT2D eigenvalue weighted by Crippen LogP contribution is -2.45. The minimum atomic E-state index is 0.326. The van der Waals surface area contributed by atoms with Crippen molar-refractivity contribution in [3.63, 3.8) is 0 Å². The molecule has 3 heteroatoms. The van der Waals surface area contributed by atoms with E-state index in [1.807, 2.05) is 12.1 Å². The molecule has 0 radical (unpaired) electrons. The highest BCUT2D eigenvalue weighted by Crippen LogP contribution is 2.19. The number of nitrogens with two attached hydrogens (primary N) is 1. The van der Waals surface area contributed by atoms with Crippen LogP contribution in [-0.2, 0) is 6.42 Å². The van der Waals surface area contributed by atoms with Crippen molar-refractivity contribution in [2.45, 2.75) is 18.9 Å². The second-order valence-electron chi connectivity index (χ2n) is 4.47. The van der Waals surface area contributed by atoms with Crippen LogP contribution < -0.4 is 15.8 Å². The first-order valence-corrected chi connectivity index (χ1v) is 5.89. The molecule has 1 aliphatic heterocycles. The average molecular weight is 220 g/mol. The van der Waals surface area contributed by atoms with Crippen LogP contribution in [0.4, 0.5) is 0 Å². The third-order valence-electron chi connectivity index (χ3n) is 3.30. The second kappa shape index (κ2) is 5.32. The van der Waals surface area contributed by atoms with Crippen molar-refractivity contribution in [2.24, 2.45) is 11.7 Å². The molecule has 2 rings (SSSR count). The van der Waals surface area contributed by atoms with E-state index < -0.39 is 0 Å². The quantitative estimate of drug-likeness (QED) is 0.804. The van der Waals surface area contributed by atoms with Gasteiger partial charge in [0.15, 0.2) is 0 Å². The summed E-state index contributed by atoms with van der Waals surface area (Å²) >= 11 is 0. The Morgan fingerprint density at radius 1 is 1.50 bits per heavy atom. The highest BCUT2D eigenvalue weighted by molar-refractivity contribution is 5.28. The molecule has 3 N–H and O–H groups in total. The highest BCUT2D eigenvalue weighted by Gasteiger charge is 2.21. The van der Waals surface area contributed by atoms with Crippen LogP contribution in [0.2, 0.25) is 0 Å². The van der Waals surface area contributed by atoms with Crippen LogP contribution >= 0.6 is 0 Å². The number of nitrogens with one attached hydrogen (secondary N) is 1. The van der Waals surface area contributed by atoms with Crippen molar-refractivity contribution in [1.82, 2.24) is 5.32 Å². The van der Waals surface area contributed by atoms with E-state index in [0.717, 1.165) is 31.7 Å². The first-order chi connectivity index (χ1) is 7.79. The fourth-order valence-electron chi connectivity index (χ4n) is 2.27. The molecule has 1 fully saturated rings. The Morgan fingerprint density at radius 2 is 2.38 bits per heavy atom. The number of methoxy groups -OCH3 is 1. The van der Waals surface area contributed by atoms with Gasteiger partial charge < -0.3 is 15.8 Å². The van der Waals surface area contributed by atoms with Gasteiger partial charge >= 0.3 is 0 Å². The molecule has 1 aliphatic rings. The van der Waals surface area contributed by atoms with Gasteiger partial charge in [-0.05, 0) is 49.5 Å². The van der Waals surface area contributed by atoms with E-state index in [4.69, 9.17) is 10.5 Å². The Balaban J connectivity index is 2.01. The topological polar surface area (TPSA) is 47.3 Å². The van der Waals surface area contributed by atoms with Crippen LogP contribution in [0.5, 0.6) is 5.75 Å². The van der Waals surface area contributed by atoms with Gasteiger partial charge in [0.2, 0.25) is 0 Å². The van der Waals surface area contributed by atoms with Crippen LogP contribution in [-0.4, -0.2) is 26.2 Å². The molecular weight excluding hydrogens is 200 g/mol. The van der Waals surface area contributed by atoms with Gasteiger partial charge in [-0.2, -0.15) is 0 Å². The van der Waals surface area contributed by atoms with Crippen molar-refractivity contribution < 1.29 is 4.74 Å². The summed E-state index contributed by atoms with van der Waals surface area (Å²) in [7, 11) is 1.70. The van der Waals surface area contributed by atoms with Gasteiger partial charge in [-0.15, -0.1) is 0 Å². The molecule has 2 unspecified atom stereocenters. The van der Waals surface area contributed by atoms with E-state index in [2.05, 4.69) is 17.4 Å². The van der Waals surface area contributed by atoms with Crippen LogP contribution in [0, 0.1) is 5.92 Å². The SMILES string of the molecule is COc1cccc(CC2CNCCC2N)c1. The number of ether oxygens (including phenoxy) is 1. The number of benzene rings is 1. The summed E-state index contributed by atoms with van der Waals surface area (Å²) in [6, 6.07) is 8.58. The van der Waals surface area contributed by atoms with E-state index in [9.17, 15) is 0 Å². The normalized spacial score (nSPS) is 25.4. The van der Waals surface area contributed by atoms with Gasteiger partial charge in [0.1, 0.15) is 5.75 Å². The molecule has 1 heterocycles. The molecule has 1 aromatic carbocycles. The van der Waals surface area contributed by atoms with Gasteiger partial charge in [-0.25, -0.2) is 0 Å². The van der Waals surface area contributed by atoms with Crippen LogP contribution in [0.25, 0.3) is 0 Å². The molecule has 1 aromatic rings. The smallest absolute Gasteiger partial charge is 0.119 e. The fraction of sp³-hybridized carbons (Fsp3) is 0.538. The zero-order valence-corrected chi connectivity index (χ0v) is 9.78. The number of hydrogen-bond acceptors (Lipinski definition) is 3. The standard InChI is InChI=1S/C13H20N2O/c1-16-12-4-2-3-10(8-12)7-11-9-15-6-5-13(11)14/h2-4,8,11,13,15H,5-7,9,14H2,1H3. The van der Waals surface area contributed by atoms with Gasteiger partial charge in [0.05, 0.1) is 7.11 Å². The Hall–Kier alpha value is -1.06. The monoisotopic (exact) mass is 220 g/mol. The molecule has 2 atom stereocenters. The lowest BCUT2D eigenvalue weighted by molar-refractivity contribution is 0.324. The van der Waals surface area contributed by atoms with Crippen molar-refractivity contribution in [3.8, 4) is 5.75 Å². The maximum Gasteiger partial charge on any atom is 0.119 e. The third kappa shape index (κ3) is 2.74. The van der Waals surface area contributed by atoms with E-state index in [-0.39, 0.29) is 0 Å². The molecule has 0 spiro atoms. The van der Waals surface area contributed by atoms with E-state index in [1.54, 1.807) is 7.11 Å². The zero-order chi connectivity index (χ0) is 11.4. The number of hydrogen-bond donors (Lipinski definition) is 2. The molecular formula is C13H20N2O. The van der Waals surface area contributed by atoms with Gasteiger partial charge in [0, 0.05) is 6.04 Å². The lowest BCUT2D eigenvalue weighted by Gasteiger charge is -2.29. The molecule has 3 nitrogen and oxygen atoms in total. The highest BCUT2D eigenvalue weighted by atomic mass is 16.5. The molecule has 0 aliphatic carbocycles. The molecule has 88 valence electrons. The van der Waals surface area contributed by atoms with E-state index >= 15 is 0 Å². The van der Waals surface area contributed by atoms with Gasteiger partial charge in [0.25, 0.3) is 0 Å². The third-order valence-corrected chi connectivity index (χ3v) is 3.30. The minimum absolute atomic E-state index is 0.326. The van der Waals surface area contributed by atoms with Gasteiger partial charge in [-0.3, -0.25) is 0 Å².